The number of alkyl halides is 3. The molecule has 0 radical (unpaired) electrons. The van der Waals surface area contributed by atoms with E-state index in [1.807, 2.05) is 12.3 Å². The molecule has 1 aliphatic heterocycles. The molecule has 1 saturated heterocycles. The molecular formula is C27H32F3N5O3. The first-order valence-electron chi connectivity index (χ1n) is 12.5. The maximum Gasteiger partial charge on any atom is 0.416 e. The van der Waals surface area contributed by atoms with Crippen molar-refractivity contribution in [2.45, 2.75) is 68.9 Å². The van der Waals surface area contributed by atoms with E-state index in [0.717, 1.165) is 50.6 Å². The van der Waals surface area contributed by atoms with Gasteiger partial charge in [0.05, 0.1) is 24.3 Å². The molecule has 38 heavy (non-hydrogen) atoms. The fourth-order valence-electron chi connectivity index (χ4n) is 4.83. The van der Waals surface area contributed by atoms with Crippen LogP contribution in [0.15, 0.2) is 48.8 Å². The predicted molar refractivity (Wildman–Crippen MR) is 135 cm³/mol. The van der Waals surface area contributed by atoms with Gasteiger partial charge in [0, 0.05) is 43.2 Å². The van der Waals surface area contributed by atoms with E-state index in [1.165, 1.54) is 4.90 Å². The quantitative estimate of drug-likeness (QED) is 0.431. The lowest BCUT2D eigenvalue weighted by atomic mass is 9.94. The summed E-state index contributed by atoms with van der Waals surface area (Å²) in [7, 11) is 1.63. The number of aliphatic hydroxyl groups is 1. The number of halogens is 3. The number of nitrogens with zero attached hydrogens (tertiary/aromatic N) is 4. The van der Waals surface area contributed by atoms with Gasteiger partial charge in [-0.2, -0.15) is 18.4 Å². The number of amides is 1. The number of carbonyl (C=O) groups is 2. The van der Waals surface area contributed by atoms with Gasteiger partial charge >= 0.3 is 6.18 Å². The number of pyridine rings is 1. The molecular weight excluding hydrogens is 499 g/mol. The van der Waals surface area contributed by atoms with Gasteiger partial charge in [-0.3, -0.25) is 14.7 Å². The number of aldehydes is 1. The first-order chi connectivity index (χ1) is 18.2. The number of nitriles is 1. The molecule has 3 atom stereocenters. The zero-order valence-electron chi connectivity index (χ0n) is 21.1. The summed E-state index contributed by atoms with van der Waals surface area (Å²) >= 11 is 0. The second-order valence-corrected chi connectivity index (χ2v) is 9.50. The number of anilines is 1. The van der Waals surface area contributed by atoms with Crippen LogP contribution in [0, 0.1) is 11.5 Å². The molecule has 11 heteroatoms. The van der Waals surface area contributed by atoms with Crippen LogP contribution < -0.4 is 10.2 Å². The summed E-state index contributed by atoms with van der Waals surface area (Å²) in [6.07, 6.45) is 4.95. The number of likely N-dealkylation sites (tertiary alicyclic amines) is 1. The minimum absolute atomic E-state index is 0.000989. The summed E-state index contributed by atoms with van der Waals surface area (Å²) in [5.41, 5.74) is -0.327. The van der Waals surface area contributed by atoms with Crippen molar-refractivity contribution in [3.63, 3.8) is 0 Å². The Morgan fingerprint density at radius 2 is 1.92 bits per heavy atom. The maximum atomic E-state index is 13.6. The van der Waals surface area contributed by atoms with Gasteiger partial charge in [0.25, 0.3) is 0 Å². The van der Waals surface area contributed by atoms with Gasteiger partial charge in [0.2, 0.25) is 5.91 Å². The highest BCUT2D eigenvalue weighted by Crippen LogP contribution is 2.37. The molecule has 8 nitrogen and oxygen atoms in total. The predicted octanol–water partition coefficient (Wildman–Crippen LogP) is 3.83. The average molecular weight is 532 g/mol. The highest BCUT2D eigenvalue weighted by molar-refractivity contribution is 5.87. The van der Waals surface area contributed by atoms with Crippen molar-refractivity contribution in [1.29, 1.82) is 5.26 Å². The van der Waals surface area contributed by atoms with Crippen LogP contribution in [-0.2, 0) is 15.8 Å². The van der Waals surface area contributed by atoms with E-state index in [2.05, 4.69) is 10.3 Å². The third-order valence-corrected chi connectivity index (χ3v) is 6.81. The van der Waals surface area contributed by atoms with E-state index in [9.17, 15) is 22.8 Å². The highest BCUT2D eigenvalue weighted by Gasteiger charge is 2.39. The Balaban J connectivity index is 0.000000336. The lowest BCUT2D eigenvalue weighted by molar-refractivity contribution is -0.138. The lowest BCUT2D eigenvalue weighted by Crippen LogP contribution is -2.44. The molecule has 1 aromatic heterocycles. The number of aliphatic hydroxyl groups excluding tert-OH is 1. The smallest absolute Gasteiger partial charge is 0.391 e. The van der Waals surface area contributed by atoms with Crippen molar-refractivity contribution in [3.8, 4) is 6.19 Å². The molecule has 0 spiro atoms. The molecule has 1 aliphatic carbocycles. The molecule has 2 fully saturated rings. The van der Waals surface area contributed by atoms with Gasteiger partial charge in [-0.15, -0.1) is 0 Å². The van der Waals surface area contributed by atoms with Crippen molar-refractivity contribution in [2.75, 3.05) is 18.5 Å². The largest absolute Gasteiger partial charge is 0.416 e. The second kappa shape index (κ2) is 13.2. The minimum atomic E-state index is -4.57. The van der Waals surface area contributed by atoms with Crippen LogP contribution >= 0.6 is 0 Å². The average Bonchev–Trinajstić information content (AvgIpc) is 3.29. The summed E-state index contributed by atoms with van der Waals surface area (Å²) in [4.78, 5) is 30.1. The zero-order chi connectivity index (χ0) is 27.7. The molecule has 2 aromatic rings. The summed E-state index contributed by atoms with van der Waals surface area (Å²) in [5, 5.41) is 20.3. The Hall–Kier alpha value is -3.65. The Kier molecular flexibility index (Phi) is 10.1. The van der Waals surface area contributed by atoms with Gasteiger partial charge in [0.15, 0.2) is 6.19 Å². The van der Waals surface area contributed by atoms with Gasteiger partial charge in [-0.05, 0) is 31.0 Å². The van der Waals surface area contributed by atoms with E-state index < -0.39 is 35.8 Å². The van der Waals surface area contributed by atoms with E-state index in [1.54, 1.807) is 36.2 Å². The fourth-order valence-corrected chi connectivity index (χ4v) is 4.83. The van der Waals surface area contributed by atoms with Crippen LogP contribution in [0.25, 0.3) is 0 Å². The number of aromatic nitrogens is 1. The van der Waals surface area contributed by atoms with Gasteiger partial charge in [-0.25, -0.2) is 0 Å². The van der Waals surface area contributed by atoms with Crippen molar-refractivity contribution in [2.24, 2.45) is 0 Å². The molecule has 0 bridgehead atoms. The Morgan fingerprint density at radius 3 is 2.50 bits per heavy atom. The standard InChI is InChI=1S/C21H24F3N3O.C6H8N2O2/c1-27(16-10-6-3-7-11-16)19(20(28)26-15-8-4-2-5-9-15)17-14-25-13-12-18(17)21(22,23)24;7-4-8-2-6(10)1-5(8)3-9/h3,6-7,10-15,19H,2,4-5,8-9H2,1H3,(H,26,28);3,5-6,10H,1-2H2. The molecule has 2 aliphatic rings. The van der Waals surface area contributed by atoms with Crippen LogP contribution in [0.2, 0.25) is 0 Å². The molecule has 204 valence electrons. The Bertz CT molecular complexity index is 1100. The topological polar surface area (TPSA) is 110 Å². The first-order valence-corrected chi connectivity index (χ1v) is 12.5. The van der Waals surface area contributed by atoms with Crippen LogP contribution in [0.4, 0.5) is 18.9 Å². The normalized spacial score (nSPS) is 20.5. The number of rotatable bonds is 6. The Morgan fingerprint density at radius 1 is 1.24 bits per heavy atom. The Labute approximate surface area is 220 Å². The highest BCUT2D eigenvalue weighted by atomic mass is 19.4. The summed E-state index contributed by atoms with van der Waals surface area (Å²) < 4.78 is 40.9. The van der Waals surface area contributed by atoms with E-state index in [0.29, 0.717) is 24.9 Å². The molecule has 1 amide bonds. The van der Waals surface area contributed by atoms with Crippen LogP contribution in [-0.4, -0.2) is 59.0 Å². The maximum absolute atomic E-state index is 13.6. The van der Waals surface area contributed by atoms with Crippen molar-refractivity contribution >= 4 is 17.9 Å². The minimum Gasteiger partial charge on any atom is -0.391 e. The molecule has 1 aromatic carbocycles. The molecule has 2 heterocycles. The van der Waals surface area contributed by atoms with Gasteiger partial charge in [-0.1, -0.05) is 37.5 Å². The van der Waals surface area contributed by atoms with E-state index in [-0.39, 0.29) is 11.6 Å². The number of hydrogen-bond donors (Lipinski definition) is 2. The van der Waals surface area contributed by atoms with E-state index >= 15 is 0 Å². The van der Waals surface area contributed by atoms with Crippen molar-refractivity contribution in [1.82, 2.24) is 15.2 Å². The number of nitrogens with one attached hydrogen (secondary N) is 1. The van der Waals surface area contributed by atoms with Crippen molar-refractivity contribution in [3.05, 3.63) is 59.9 Å². The van der Waals surface area contributed by atoms with Crippen molar-refractivity contribution < 1.29 is 27.9 Å². The van der Waals surface area contributed by atoms with Crippen LogP contribution in [0.5, 0.6) is 0 Å². The summed E-state index contributed by atoms with van der Waals surface area (Å²) in [5.74, 6) is -0.434. The second-order valence-electron chi connectivity index (χ2n) is 9.50. The van der Waals surface area contributed by atoms with E-state index in [4.69, 9.17) is 10.4 Å². The van der Waals surface area contributed by atoms with Crippen LogP contribution in [0.1, 0.15) is 55.7 Å². The fraction of sp³-hybridized carbons (Fsp3) is 0.481. The molecule has 4 rings (SSSR count). The number of carbonyl (C=O) groups excluding carboxylic acids is 2. The number of benzene rings is 1. The zero-order valence-corrected chi connectivity index (χ0v) is 21.1. The molecule has 3 unspecified atom stereocenters. The number of β-amino-alcohol motifs (C(OH)–C–C–N with tert-alkyl or cyclic N) is 1. The summed E-state index contributed by atoms with van der Waals surface area (Å²) in [6, 6.07) is 8.32. The third kappa shape index (κ3) is 7.44. The number of likely N-dealkylation sites (N-methyl/N-ethyl adjacent to an activating group) is 1. The monoisotopic (exact) mass is 531 g/mol. The van der Waals surface area contributed by atoms with Crippen LogP contribution in [0.3, 0.4) is 0 Å². The first kappa shape index (κ1) is 28.9. The summed E-state index contributed by atoms with van der Waals surface area (Å²) in [6.45, 7) is 0.292. The lowest BCUT2D eigenvalue weighted by Gasteiger charge is -2.33. The number of hydrogen-bond acceptors (Lipinski definition) is 7. The SMILES string of the molecule is CN(c1ccccc1)C(C(=O)NC1CCCCC1)c1cnccc1C(F)(F)F.N#CN1CC(O)CC1C=O. The molecule has 1 saturated carbocycles. The molecule has 2 N–H and O–H groups in total. The number of para-hydroxylation sites is 1. The van der Waals surface area contributed by atoms with Gasteiger partial charge in [0.1, 0.15) is 12.3 Å². The third-order valence-electron chi connectivity index (χ3n) is 6.81. The van der Waals surface area contributed by atoms with Gasteiger partial charge < -0.3 is 20.1 Å².